The van der Waals surface area contributed by atoms with Gasteiger partial charge in [0.2, 0.25) is 5.91 Å². The number of rotatable bonds is 4. The van der Waals surface area contributed by atoms with Gasteiger partial charge in [-0.25, -0.2) is 14.8 Å². The van der Waals surface area contributed by atoms with E-state index in [1.165, 1.54) is 27.6 Å². The van der Waals surface area contributed by atoms with E-state index in [2.05, 4.69) is 40.8 Å². The molecule has 1 fully saturated rings. The molecule has 2 aromatic heterocycles. The first-order valence-electron chi connectivity index (χ1n) is 12.4. The first-order chi connectivity index (χ1) is 17.7. The van der Waals surface area contributed by atoms with Crippen molar-refractivity contribution in [2.45, 2.75) is 27.3 Å². The minimum Gasteiger partial charge on any atom is -0.368 e. The molecular formula is C28H30N6O3. The molecule has 3 heterocycles. The number of hydrogen-bond donors (Lipinski definition) is 0. The molecule has 1 aliphatic rings. The average Bonchev–Trinajstić information content (AvgIpc) is 2.91. The smallest absolute Gasteiger partial charge is 0.332 e. The zero-order valence-electron chi connectivity index (χ0n) is 21.6. The second kappa shape index (κ2) is 9.65. The molecule has 2 aromatic carbocycles. The molecule has 0 spiro atoms. The lowest BCUT2D eigenvalue weighted by atomic mass is 10.1. The third kappa shape index (κ3) is 4.52. The fourth-order valence-corrected chi connectivity index (χ4v) is 4.77. The molecule has 5 rings (SSSR count). The molecule has 9 heteroatoms. The zero-order valence-corrected chi connectivity index (χ0v) is 21.6. The zero-order chi connectivity index (χ0) is 26.3. The van der Waals surface area contributed by atoms with E-state index in [1.807, 2.05) is 37.3 Å². The maximum atomic E-state index is 13.2. The largest absolute Gasteiger partial charge is 0.368 e. The predicted molar refractivity (Wildman–Crippen MR) is 144 cm³/mol. The summed E-state index contributed by atoms with van der Waals surface area (Å²) in [5.74, 6) is 0.175. The van der Waals surface area contributed by atoms with Crippen LogP contribution in [0.3, 0.4) is 0 Å². The van der Waals surface area contributed by atoms with Crippen LogP contribution in [0.15, 0.2) is 58.3 Å². The van der Waals surface area contributed by atoms with Crippen LogP contribution in [0.5, 0.6) is 0 Å². The van der Waals surface area contributed by atoms with Crippen molar-refractivity contribution in [1.29, 1.82) is 0 Å². The minimum absolute atomic E-state index is 0.200. The van der Waals surface area contributed by atoms with Crippen LogP contribution in [-0.4, -0.2) is 56.1 Å². The summed E-state index contributed by atoms with van der Waals surface area (Å²) in [7, 11) is 1.56. The summed E-state index contributed by atoms with van der Waals surface area (Å²) in [5.41, 5.74) is 4.65. The molecule has 9 nitrogen and oxygen atoms in total. The fourth-order valence-electron chi connectivity index (χ4n) is 4.77. The highest BCUT2D eigenvalue weighted by molar-refractivity contribution is 5.78. The number of carbonyl (C=O) groups is 1. The molecule has 0 unspecified atom stereocenters. The van der Waals surface area contributed by atoms with Crippen molar-refractivity contribution < 1.29 is 4.79 Å². The number of fused-ring (bicyclic) bond motifs is 1. The maximum absolute atomic E-state index is 13.2. The summed E-state index contributed by atoms with van der Waals surface area (Å²) in [5, 5.41) is 0.200. The van der Waals surface area contributed by atoms with E-state index in [0.717, 1.165) is 15.7 Å². The third-order valence-corrected chi connectivity index (χ3v) is 7.23. The third-order valence-electron chi connectivity index (χ3n) is 7.23. The van der Waals surface area contributed by atoms with E-state index < -0.39 is 11.2 Å². The van der Waals surface area contributed by atoms with Gasteiger partial charge in [-0.15, -0.1) is 0 Å². The Labute approximate surface area is 214 Å². The topological polar surface area (TPSA) is 93.3 Å². The van der Waals surface area contributed by atoms with Crippen molar-refractivity contribution >= 4 is 22.6 Å². The number of amides is 1. The van der Waals surface area contributed by atoms with Gasteiger partial charge in [0, 0.05) is 50.7 Å². The molecule has 0 radical (unpaired) electrons. The average molecular weight is 499 g/mol. The Bertz CT molecular complexity index is 1610. The summed E-state index contributed by atoms with van der Waals surface area (Å²) in [6, 6.07) is 13.9. The van der Waals surface area contributed by atoms with Gasteiger partial charge in [-0.2, -0.15) is 0 Å². The van der Waals surface area contributed by atoms with Gasteiger partial charge in [0.05, 0.1) is 0 Å². The Morgan fingerprint density at radius 3 is 2.35 bits per heavy atom. The quantitative estimate of drug-likeness (QED) is 0.429. The van der Waals surface area contributed by atoms with Crippen molar-refractivity contribution in [3.8, 4) is 11.4 Å². The van der Waals surface area contributed by atoms with E-state index in [0.29, 0.717) is 32.0 Å². The standard InChI is InChI=1S/C28H30N6O3/c1-18-8-10-21(11-9-18)25-29-16-22-26(30-25)31(4)28(37)34(27(22)36)17-24(35)33-14-12-32(13-15-33)23-7-5-6-19(2)20(23)3/h5-11,16H,12-15,17H2,1-4H3. The number of benzene rings is 2. The van der Waals surface area contributed by atoms with Crippen LogP contribution in [0.1, 0.15) is 16.7 Å². The Morgan fingerprint density at radius 1 is 0.946 bits per heavy atom. The second-order valence-corrected chi connectivity index (χ2v) is 9.62. The number of anilines is 1. The summed E-state index contributed by atoms with van der Waals surface area (Å²) in [6.07, 6.45) is 1.43. The molecule has 190 valence electrons. The highest BCUT2D eigenvalue weighted by atomic mass is 16.2. The van der Waals surface area contributed by atoms with Crippen LogP contribution in [0.4, 0.5) is 5.69 Å². The number of nitrogens with zero attached hydrogens (tertiary/aromatic N) is 6. The van der Waals surface area contributed by atoms with Crippen molar-refractivity contribution in [2.24, 2.45) is 7.05 Å². The van der Waals surface area contributed by atoms with Gasteiger partial charge in [0.25, 0.3) is 5.56 Å². The van der Waals surface area contributed by atoms with E-state index in [1.54, 1.807) is 11.9 Å². The Hall–Kier alpha value is -4.27. The van der Waals surface area contributed by atoms with E-state index in [9.17, 15) is 14.4 Å². The van der Waals surface area contributed by atoms with E-state index in [4.69, 9.17) is 0 Å². The van der Waals surface area contributed by atoms with Gasteiger partial charge in [0.15, 0.2) is 11.5 Å². The van der Waals surface area contributed by atoms with Crippen molar-refractivity contribution in [3.05, 3.63) is 86.2 Å². The number of piperazine rings is 1. The molecule has 1 aliphatic heterocycles. The van der Waals surface area contributed by atoms with Gasteiger partial charge in [-0.3, -0.25) is 18.7 Å². The lowest BCUT2D eigenvalue weighted by Gasteiger charge is -2.37. The van der Waals surface area contributed by atoms with Crippen LogP contribution in [-0.2, 0) is 18.4 Å². The Kier molecular flexibility index (Phi) is 6.37. The summed E-state index contributed by atoms with van der Waals surface area (Å²) >= 11 is 0. The number of carbonyl (C=O) groups excluding carboxylic acids is 1. The molecule has 0 N–H and O–H groups in total. The van der Waals surface area contributed by atoms with Gasteiger partial charge >= 0.3 is 5.69 Å². The van der Waals surface area contributed by atoms with Crippen LogP contribution < -0.4 is 16.1 Å². The lowest BCUT2D eigenvalue weighted by Crippen LogP contribution is -2.51. The molecule has 0 bridgehead atoms. The first-order valence-corrected chi connectivity index (χ1v) is 12.4. The normalized spacial score (nSPS) is 13.8. The van der Waals surface area contributed by atoms with Gasteiger partial charge < -0.3 is 9.80 Å². The van der Waals surface area contributed by atoms with Crippen LogP contribution in [0, 0.1) is 20.8 Å². The van der Waals surface area contributed by atoms with Gasteiger partial charge in [0.1, 0.15) is 11.9 Å². The number of aryl methyl sites for hydroxylation is 3. The number of hydrogen-bond acceptors (Lipinski definition) is 6. The minimum atomic E-state index is -0.576. The monoisotopic (exact) mass is 498 g/mol. The summed E-state index contributed by atoms with van der Waals surface area (Å²) < 4.78 is 2.29. The van der Waals surface area contributed by atoms with Crippen molar-refractivity contribution in [1.82, 2.24) is 24.0 Å². The number of aromatic nitrogens is 4. The highest BCUT2D eigenvalue weighted by Gasteiger charge is 2.24. The van der Waals surface area contributed by atoms with Crippen LogP contribution >= 0.6 is 0 Å². The SMILES string of the molecule is Cc1ccc(-c2ncc3c(=O)n(CC(=O)N4CCN(c5cccc(C)c5C)CC4)c(=O)n(C)c3n2)cc1. The molecule has 4 aromatic rings. The lowest BCUT2D eigenvalue weighted by molar-refractivity contribution is -0.132. The Morgan fingerprint density at radius 2 is 1.65 bits per heavy atom. The first kappa shape index (κ1) is 24.4. The molecule has 1 saturated heterocycles. The van der Waals surface area contributed by atoms with Crippen molar-refractivity contribution in [2.75, 3.05) is 31.1 Å². The Balaban J connectivity index is 1.37. The van der Waals surface area contributed by atoms with E-state index >= 15 is 0 Å². The van der Waals surface area contributed by atoms with Gasteiger partial charge in [-0.05, 0) is 38.0 Å². The molecule has 1 amide bonds. The second-order valence-electron chi connectivity index (χ2n) is 9.62. The van der Waals surface area contributed by atoms with Gasteiger partial charge in [-0.1, -0.05) is 42.0 Å². The summed E-state index contributed by atoms with van der Waals surface area (Å²) in [6.45, 7) is 8.31. The molecule has 0 saturated carbocycles. The van der Waals surface area contributed by atoms with Crippen LogP contribution in [0.25, 0.3) is 22.4 Å². The van der Waals surface area contributed by atoms with Crippen LogP contribution in [0.2, 0.25) is 0 Å². The molecule has 0 atom stereocenters. The fraction of sp³-hybridized carbons (Fsp3) is 0.321. The van der Waals surface area contributed by atoms with Crippen molar-refractivity contribution in [3.63, 3.8) is 0 Å². The molecule has 37 heavy (non-hydrogen) atoms. The molecular weight excluding hydrogens is 468 g/mol. The summed E-state index contributed by atoms with van der Waals surface area (Å²) in [4.78, 5) is 52.3. The maximum Gasteiger partial charge on any atom is 0.332 e. The molecule has 0 aliphatic carbocycles. The highest BCUT2D eigenvalue weighted by Crippen LogP contribution is 2.24. The predicted octanol–water partition coefficient (Wildman–Crippen LogP) is 2.43. The van der Waals surface area contributed by atoms with E-state index in [-0.39, 0.29) is 23.5 Å².